The summed E-state index contributed by atoms with van der Waals surface area (Å²) in [4.78, 5) is 15.9. The van der Waals surface area contributed by atoms with Gasteiger partial charge in [-0.25, -0.2) is 0 Å². The summed E-state index contributed by atoms with van der Waals surface area (Å²) in [5, 5.41) is 3.24. The van der Waals surface area contributed by atoms with Crippen molar-refractivity contribution in [3.05, 3.63) is 0 Å². The van der Waals surface area contributed by atoms with E-state index in [0.29, 0.717) is 6.54 Å². The zero-order valence-electron chi connectivity index (χ0n) is 9.25. The van der Waals surface area contributed by atoms with Crippen LogP contribution in [0.2, 0.25) is 0 Å². The van der Waals surface area contributed by atoms with E-state index in [1.54, 1.807) is 0 Å². The molecule has 0 bridgehead atoms. The van der Waals surface area contributed by atoms with Gasteiger partial charge in [0.1, 0.15) is 0 Å². The average molecular weight is 199 g/mol. The van der Waals surface area contributed by atoms with Crippen LogP contribution in [0, 0.1) is 0 Å². The lowest BCUT2D eigenvalue weighted by Gasteiger charge is -2.29. The Morgan fingerprint density at radius 1 is 1.29 bits per heavy atom. The van der Waals surface area contributed by atoms with Crippen molar-refractivity contribution < 1.29 is 4.79 Å². The van der Waals surface area contributed by atoms with E-state index >= 15 is 0 Å². The summed E-state index contributed by atoms with van der Waals surface area (Å²) in [7, 11) is 0. The van der Waals surface area contributed by atoms with Gasteiger partial charge in [0.2, 0.25) is 5.91 Å². The Morgan fingerprint density at radius 2 is 1.86 bits per heavy atom. The molecule has 0 aromatic carbocycles. The fourth-order valence-corrected chi connectivity index (χ4v) is 1.65. The van der Waals surface area contributed by atoms with Gasteiger partial charge in [0.15, 0.2) is 0 Å². The zero-order valence-corrected chi connectivity index (χ0v) is 9.25. The van der Waals surface area contributed by atoms with E-state index in [4.69, 9.17) is 0 Å². The number of rotatable bonds is 4. The molecule has 1 heterocycles. The monoisotopic (exact) mass is 199 g/mol. The molecule has 0 radical (unpaired) electrons. The van der Waals surface area contributed by atoms with Crippen LogP contribution >= 0.6 is 0 Å². The minimum absolute atomic E-state index is 0.273. The van der Waals surface area contributed by atoms with Crippen LogP contribution in [0.4, 0.5) is 0 Å². The van der Waals surface area contributed by atoms with Crippen LogP contribution in [0.3, 0.4) is 0 Å². The number of carbonyl (C=O) groups is 1. The second-order valence-electron chi connectivity index (χ2n) is 3.59. The summed E-state index contributed by atoms with van der Waals surface area (Å²) in [6.45, 7) is 10.3. The highest BCUT2D eigenvalue weighted by atomic mass is 16.2. The lowest BCUT2D eigenvalue weighted by molar-refractivity contribution is -0.132. The van der Waals surface area contributed by atoms with Gasteiger partial charge in [-0.15, -0.1) is 0 Å². The van der Waals surface area contributed by atoms with Crippen LogP contribution < -0.4 is 5.32 Å². The number of amides is 1. The molecule has 82 valence electrons. The molecular weight excluding hydrogens is 178 g/mol. The maximum atomic E-state index is 11.8. The van der Waals surface area contributed by atoms with Crippen LogP contribution in [-0.2, 0) is 4.79 Å². The molecule has 14 heavy (non-hydrogen) atoms. The Balaban J connectivity index is 2.32. The molecule has 1 N–H and O–H groups in total. The molecule has 0 spiro atoms. The number of nitrogens with one attached hydrogen (secondary N) is 1. The molecule has 1 fully saturated rings. The fraction of sp³-hybridized carbons (Fsp3) is 0.900. The topological polar surface area (TPSA) is 35.6 Å². The molecule has 4 nitrogen and oxygen atoms in total. The molecule has 1 aliphatic heterocycles. The first-order valence-corrected chi connectivity index (χ1v) is 5.48. The first-order chi connectivity index (χ1) is 6.77. The third-order valence-corrected chi connectivity index (χ3v) is 2.72. The predicted molar refractivity (Wildman–Crippen MR) is 57.2 cm³/mol. The molecule has 0 aromatic heterocycles. The second-order valence-corrected chi connectivity index (χ2v) is 3.59. The number of likely N-dealkylation sites (N-methyl/N-ethyl adjacent to an activating group) is 1. The van der Waals surface area contributed by atoms with Crippen LogP contribution in [0.25, 0.3) is 0 Å². The Bertz CT molecular complexity index is 174. The highest BCUT2D eigenvalue weighted by molar-refractivity contribution is 5.78. The lowest BCUT2D eigenvalue weighted by atomic mass is 10.3. The van der Waals surface area contributed by atoms with Gasteiger partial charge in [-0.3, -0.25) is 9.69 Å². The Kier molecular flexibility index (Phi) is 4.90. The largest absolute Gasteiger partial charge is 0.339 e. The Labute approximate surface area is 86.2 Å². The molecule has 1 amide bonds. The van der Waals surface area contributed by atoms with E-state index in [-0.39, 0.29) is 5.91 Å². The zero-order chi connectivity index (χ0) is 10.4. The summed E-state index contributed by atoms with van der Waals surface area (Å²) in [6.07, 6.45) is 0. The van der Waals surface area contributed by atoms with E-state index in [1.807, 2.05) is 4.90 Å². The summed E-state index contributed by atoms with van der Waals surface area (Å²) in [6, 6.07) is 0. The molecule has 0 aliphatic carbocycles. The smallest absolute Gasteiger partial charge is 0.236 e. The molecule has 0 atom stereocenters. The van der Waals surface area contributed by atoms with Crippen molar-refractivity contribution >= 4 is 5.91 Å². The van der Waals surface area contributed by atoms with Crippen molar-refractivity contribution in [2.75, 3.05) is 45.8 Å². The minimum atomic E-state index is 0.273. The normalized spacial score (nSPS) is 17.5. The quantitative estimate of drug-likeness (QED) is 0.679. The van der Waals surface area contributed by atoms with Crippen molar-refractivity contribution in [2.45, 2.75) is 13.8 Å². The predicted octanol–water partition coefficient (Wildman–Crippen LogP) is -0.240. The summed E-state index contributed by atoms with van der Waals surface area (Å²) < 4.78 is 0. The molecule has 0 aromatic rings. The number of hydrogen-bond donors (Lipinski definition) is 1. The molecule has 0 unspecified atom stereocenters. The first-order valence-electron chi connectivity index (χ1n) is 5.48. The van der Waals surface area contributed by atoms with Gasteiger partial charge in [-0.1, -0.05) is 13.8 Å². The number of nitrogens with zero attached hydrogens (tertiary/aromatic N) is 2. The van der Waals surface area contributed by atoms with Crippen LogP contribution in [-0.4, -0.2) is 61.5 Å². The number of carbonyl (C=O) groups excluding carboxylic acids is 1. The standard InChI is InChI=1S/C10H21N3O/c1-3-12(4-2)9-10(14)13-7-5-11-6-8-13/h11H,3-9H2,1-2H3. The van der Waals surface area contributed by atoms with Gasteiger partial charge < -0.3 is 10.2 Å². The minimum Gasteiger partial charge on any atom is -0.339 e. The van der Waals surface area contributed by atoms with Crippen LogP contribution in [0.15, 0.2) is 0 Å². The summed E-state index contributed by atoms with van der Waals surface area (Å²) in [5.41, 5.74) is 0. The maximum Gasteiger partial charge on any atom is 0.236 e. The van der Waals surface area contributed by atoms with E-state index in [9.17, 15) is 4.79 Å². The van der Waals surface area contributed by atoms with E-state index in [1.165, 1.54) is 0 Å². The van der Waals surface area contributed by atoms with E-state index in [2.05, 4.69) is 24.1 Å². The molecule has 1 aliphatic rings. The van der Waals surface area contributed by atoms with Crippen molar-refractivity contribution in [1.29, 1.82) is 0 Å². The van der Waals surface area contributed by atoms with Gasteiger partial charge in [-0.2, -0.15) is 0 Å². The fourth-order valence-electron chi connectivity index (χ4n) is 1.65. The van der Waals surface area contributed by atoms with E-state index < -0.39 is 0 Å². The van der Waals surface area contributed by atoms with E-state index in [0.717, 1.165) is 39.3 Å². The van der Waals surface area contributed by atoms with Crippen molar-refractivity contribution in [1.82, 2.24) is 15.1 Å². The van der Waals surface area contributed by atoms with Gasteiger partial charge in [-0.05, 0) is 13.1 Å². The third kappa shape index (κ3) is 3.27. The molecule has 1 rings (SSSR count). The van der Waals surface area contributed by atoms with Gasteiger partial charge >= 0.3 is 0 Å². The van der Waals surface area contributed by atoms with Crippen molar-refractivity contribution in [2.24, 2.45) is 0 Å². The molecule has 1 saturated heterocycles. The Hall–Kier alpha value is -0.610. The van der Waals surface area contributed by atoms with Gasteiger partial charge in [0, 0.05) is 26.2 Å². The van der Waals surface area contributed by atoms with Crippen molar-refractivity contribution in [3.63, 3.8) is 0 Å². The highest BCUT2D eigenvalue weighted by Gasteiger charge is 2.17. The number of piperazine rings is 1. The van der Waals surface area contributed by atoms with Crippen LogP contribution in [0.5, 0.6) is 0 Å². The third-order valence-electron chi connectivity index (χ3n) is 2.72. The summed E-state index contributed by atoms with van der Waals surface area (Å²) in [5.74, 6) is 0.273. The van der Waals surface area contributed by atoms with Crippen molar-refractivity contribution in [3.8, 4) is 0 Å². The van der Waals surface area contributed by atoms with Gasteiger partial charge in [0.05, 0.1) is 6.54 Å². The first kappa shape index (κ1) is 11.5. The lowest BCUT2D eigenvalue weighted by Crippen LogP contribution is -2.49. The second kappa shape index (κ2) is 5.98. The maximum absolute atomic E-state index is 11.8. The SMILES string of the molecule is CCN(CC)CC(=O)N1CCNCC1. The van der Waals surface area contributed by atoms with Crippen LogP contribution in [0.1, 0.15) is 13.8 Å². The molecule has 4 heteroatoms. The summed E-state index contributed by atoms with van der Waals surface area (Å²) >= 11 is 0. The Morgan fingerprint density at radius 3 is 2.36 bits per heavy atom. The average Bonchev–Trinajstić information content (AvgIpc) is 2.26. The number of hydrogen-bond acceptors (Lipinski definition) is 3. The highest BCUT2D eigenvalue weighted by Crippen LogP contribution is 1.96. The molecular formula is C10H21N3O. The van der Waals surface area contributed by atoms with Gasteiger partial charge in [0.25, 0.3) is 0 Å². The molecule has 0 saturated carbocycles.